The van der Waals surface area contributed by atoms with E-state index in [0.717, 1.165) is 16.7 Å². The molecule has 2 aromatic heterocycles. The quantitative estimate of drug-likeness (QED) is 0.768. The molecule has 0 fully saturated rings. The van der Waals surface area contributed by atoms with E-state index >= 15 is 0 Å². The first kappa shape index (κ1) is 12.5. The summed E-state index contributed by atoms with van der Waals surface area (Å²) >= 11 is 0. The smallest absolute Gasteiger partial charge is 0.230 e. The van der Waals surface area contributed by atoms with Gasteiger partial charge in [0.25, 0.3) is 0 Å². The van der Waals surface area contributed by atoms with Gasteiger partial charge in [0.15, 0.2) is 0 Å². The van der Waals surface area contributed by atoms with Crippen molar-refractivity contribution >= 4 is 5.88 Å². The van der Waals surface area contributed by atoms with Crippen molar-refractivity contribution in [3.63, 3.8) is 0 Å². The lowest BCUT2D eigenvalue weighted by atomic mass is 9.97. The lowest BCUT2D eigenvalue weighted by Gasteiger charge is -2.06. The first-order valence-electron chi connectivity index (χ1n) is 6.55. The molecule has 2 heterocycles. The van der Waals surface area contributed by atoms with Crippen LogP contribution < -0.4 is 5.73 Å². The zero-order valence-electron chi connectivity index (χ0n) is 11.5. The number of nitrogens with zero attached hydrogens (tertiary/aromatic N) is 1. The third kappa shape index (κ3) is 2.09. The second-order valence-electron chi connectivity index (χ2n) is 5.06. The number of nitrogens with two attached hydrogens (primary N) is 1. The third-order valence-corrected chi connectivity index (χ3v) is 3.38. The zero-order valence-corrected chi connectivity index (χ0v) is 11.5. The maximum absolute atomic E-state index is 5.92. The van der Waals surface area contributed by atoms with Crippen molar-refractivity contribution in [3.8, 4) is 22.4 Å². The van der Waals surface area contributed by atoms with Gasteiger partial charge in [-0.15, -0.1) is 0 Å². The number of benzene rings is 1. The van der Waals surface area contributed by atoms with Crippen LogP contribution in [0.2, 0.25) is 0 Å². The topological polar surface area (TPSA) is 65.2 Å². The van der Waals surface area contributed by atoms with Gasteiger partial charge in [0, 0.05) is 5.56 Å². The van der Waals surface area contributed by atoms with Gasteiger partial charge in [0.2, 0.25) is 5.88 Å². The lowest BCUT2D eigenvalue weighted by molar-refractivity contribution is 0.439. The van der Waals surface area contributed by atoms with Crippen molar-refractivity contribution < 1.29 is 8.94 Å². The van der Waals surface area contributed by atoms with Gasteiger partial charge in [-0.2, -0.15) is 0 Å². The summed E-state index contributed by atoms with van der Waals surface area (Å²) in [4.78, 5) is 0. The summed E-state index contributed by atoms with van der Waals surface area (Å²) in [5.41, 5.74) is 10.6. The van der Waals surface area contributed by atoms with E-state index in [-0.39, 0.29) is 0 Å². The van der Waals surface area contributed by atoms with Crippen LogP contribution in [0.5, 0.6) is 0 Å². The van der Waals surface area contributed by atoms with Gasteiger partial charge in [-0.25, -0.2) is 0 Å². The number of hydrogen-bond donors (Lipinski definition) is 1. The minimum Gasteiger partial charge on any atom is -0.472 e. The molecule has 0 saturated carbocycles. The Bertz CT molecular complexity index is 695. The Morgan fingerprint density at radius 3 is 2.40 bits per heavy atom. The van der Waals surface area contributed by atoms with Crippen LogP contribution in [0.25, 0.3) is 22.4 Å². The highest BCUT2D eigenvalue weighted by Gasteiger charge is 2.18. The molecule has 0 aliphatic carbocycles. The van der Waals surface area contributed by atoms with E-state index in [9.17, 15) is 0 Å². The minimum atomic E-state index is 0.318. The fourth-order valence-corrected chi connectivity index (χ4v) is 2.21. The van der Waals surface area contributed by atoms with E-state index in [0.29, 0.717) is 17.5 Å². The molecule has 3 rings (SSSR count). The average molecular weight is 268 g/mol. The Morgan fingerprint density at radius 1 is 1.05 bits per heavy atom. The number of rotatable bonds is 3. The SMILES string of the molecule is CC(C)c1ccc(-c2c(-c3ccoc3)noc2N)cc1. The Kier molecular flexibility index (Phi) is 3.06. The van der Waals surface area contributed by atoms with Crippen LogP contribution in [-0.4, -0.2) is 5.16 Å². The molecule has 2 N–H and O–H groups in total. The summed E-state index contributed by atoms with van der Waals surface area (Å²) in [5, 5.41) is 4.03. The number of hydrogen-bond acceptors (Lipinski definition) is 4. The van der Waals surface area contributed by atoms with Gasteiger partial charge in [-0.3, -0.25) is 0 Å². The highest BCUT2D eigenvalue weighted by atomic mass is 16.5. The van der Waals surface area contributed by atoms with E-state index in [4.69, 9.17) is 14.7 Å². The molecule has 3 aromatic rings. The Hall–Kier alpha value is -2.49. The zero-order chi connectivity index (χ0) is 14.1. The first-order chi connectivity index (χ1) is 9.66. The van der Waals surface area contributed by atoms with Crippen LogP contribution in [0, 0.1) is 0 Å². The molecule has 0 unspecified atom stereocenters. The number of furan rings is 1. The van der Waals surface area contributed by atoms with Crippen molar-refractivity contribution in [2.24, 2.45) is 0 Å². The van der Waals surface area contributed by atoms with E-state index < -0.39 is 0 Å². The van der Waals surface area contributed by atoms with Crippen LogP contribution in [0.4, 0.5) is 5.88 Å². The Labute approximate surface area is 117 Å². The Balaban J connectivity index is 2.08. The predicted octanol–water partition coefficient (Wildman–Crippen LogP) is 4.31. The normalized spacial score (nSPS) is 11.2. The summed E-state index contributed by atoms with van der Waals surface area (Å²) in [6.45, 7) is 4.33. The van der Waals surface area contributed by atoms with Crippen molar-refractivity contribution in [2.45, 2.75) is 19.8 Å². The number of nitrogen functional groups attached to an aromatic ring is 1. The van der Waals surface area contributed by atoms with Crippen molar-refractivity contribution in [1.82, 2.24) is 5.16 Å². The molecule has 0 amide bonds. The fourth-order valence-electron chi connectivity index (χ4n) is 2.21. The largest absolute Gasteiger partial charge is 0.472 e. The standard InChI is InChI=1S/C16H16N2O2/c1-10(2)11-3-5-12(6-4-11)14-15(18-20-16(14)17)13-7-8-19-9-13/h3-10H,17H2,1-2H3. The molecule has 4 nitrogen and oxygen atoms in total. The fraction of sp³-hybridized carbons (Fsp3) is 0.188. The summed E-state index contributed by atoms with van der Waals surface area (Å²) in [5.74, 6) is 0.815. The summed E-state index contributed by atoms with van der Waals surface area (Å²) in [7, 11) is 0. The van der Waals surface area contributed by atoms with E-state index in [2.05, 4.69) is 31.1 Å². The third-order valence-electron chi connectivity index (χ3n) is 3.38. The van der Waals surface area contributed by atoms with Crippen LogP contribution in [-0.2, 0) is 0 Å². The molecule has 0 aliphatic heterocycles. The highest BCUT2D eigenvalue weighted by molar-refractivity contribution is 5.86. The first-order valence-corrected chi connectivity index (χ1v) is 6.55. The van der Waals surface area contributed by atoms with Gasteiger partial charge in [0.1, 0.15) is 5.69 Å². The molecule has 0 spiro atoms. The average Bonchev–Trinajstić information content (AvgIpc) is 3.07. The lowest BCUT2D eigenvalue weighted by Crippen LogP contribution is -1.90. The molecule has 0 radical (unpaired) electrons. The van der Waals surface area contributed by atoms with Crippen LogP contribution in [0.15, 0.2) is 51.8 Å². The van der Waals surface area contributed by atoms with E-state index in [1.807, 2.05) is 18.2 Å². The van der Waals surface area contributed by atoms with Crippen molar-refractivity contribution in [1.29, 1.82) is 0 Å². The van der Waals surface area contributed by atoms with Gasteiger partial charge < -0.3 is 14.7 Å². The van der Waals surface area contributed by atoms with Crippen molar-refractivity contribution in [2.75, 3.05) is 5.73 Å². The Morgan fingerprint density at radius 2 is 1.80 bits per heavy atom. The maximum Gasteiger partial charge on any atom is 0.230 e. The molecule has 0 bridgehead atoms. The second kappa shape index (κ2) is 4.89. The molecule has 0 atom stereocenters. The van der Waals surface area contributed by atoms with Crippen molar-refractivity contribution in [3.05, 3.63) is 48.4 Å². The predicted molar refractivity (Wildman–Crippen MR) is 78.1 cm³/mol. The molecule has 4 heteroatoms. The van der Waals surface area contributed by atoms with Gasteiger partial charge >= 0.3 is 0 Å². The van der Waals surface area contributed by atoms with Crippen LogP contribution >= 0.6 is 0 Å². The molecule has 20 heavy (non-hydrogen) atoms. The molecular formula is C16H16N2O2. The van der Waals surface area contributed by atoms with Crippen LogP contribution in [0.3, 0.4) is 0 Å². The van der Waals surface area contributed by atoms with Gasteiger partial charge in [-0.05, 0) is 23.1 Å². The molecule has 0 saturated heterocycles. The van der Waals surface area contributed by atoms with Crippen LogP contribution in [0.1, 0.15) is 25.3 Å². The molecular weight excluding hydrogens is 252 g/mol. The monoisotopic (exact) mass is 268 g/mol. The van der Waals surface area contributed by atoms with E-state index in [1.165, 1.54) is 5.56 Å². The molecule has 0 aliphatic rings. The van der Waals surface area contributed by atoms with Gasteiger partial charge in [-0.1, -0.05) is 43.3 Å². The molecule has 1 aromatic carbocycles. The summed E-state index contributed by atoms with van der Waals surface area (Å²) < 4.78 is 10.2. The number of aromatic nitrogens is 1. The number of anilines is 1. The summed E-state index contributed by atoms with van der Waals surface area (Å²) in [6.07, 6.45) is 3.23. The highest BCUT2D eigenvalue weighted by Crippen LogP contribution is 2.36. The molecule has 102 valence electrons. The van der Waals surface area contributed by atoms with E-state index in [1.54, 1.807) is 12.5 Å². The second-order valence-corrected chi connectivity index (χ2v) is 5.06. The maximum atomic E-state index is 5.92. The summed E-state index contributed by atoms with van der Waals surface area (Å²) in [6, 6.07) is 10.1. The van der Waals surface area contributed by atoms with Gasteiger partial charge in [0.05, 0.1) is 18.1 Å². The minimum absolute atomic E-state index is 0.318.